The number of phenols is 1. The van der Waals surface area contributed by atoms with Crippen molar-refractivity contribution in [1.82, 2.24) is 5.32 Å². The summed E-state index contributed by atoms with van der Waals surface area (Å²) >= 11 is 5.13. The van der Waals surface area contributed by atoms with Gasteiger partial charge < -0.3 is 20.5 Å². The number of ether oxygens (including phenoxy) is 1. The Bertz CT molecular complexity index is 942. The maximum absolute atomic E-state index is 12.6. The van der Waals surface area contributed by atoms with E-state index >= 15 is 0 Å². The van der Waals surface area contributed by atoms with Crippen molar-refractivity contribution in [2.75, 3.05) is 23.7 Å². The predicted octanol–water partition coefficient (Wildman–Crippen LogP) is 3.06. The number of nitrogens with one attached hydrogen (secondary N) is 3. The molecule has 4 N–H and O–H groups in total. The minimum atomic E-state index is -3.85. The quantitative estimate of drug-likeness (QED) is 0.318. The number of thiocarbonyl (C=S) groups is 1. The molecule has 2 aromatic rings. The maximum atomic E-state index is 12.6. The predicted molar refractivity (Wildman–Crippen MR) is 111 cm³/mol. The van der Waals surface area contributed by atoms with Crippen LogP contribution in [0.25, 0.3) is 0 Å². The van der Waals surface area contributed by atoms with Crippen LogP contribution in [0.2, 0.25) is 0 Å². The number of aromatic hydroxyl groups is 1. The molecule has 0 aromatic heterocycles. The summed E-state index contributed by atoms with van der Waals surface area (Å²) in [5.41, 5.74) is 1.44. The second-order valence-corrected chi connectivity index (χ2v) is 7.87. The Balaban J connectivity index is 2.19. The molecule has 0 fully saturated rings. The second-order valence-electron chi connectivity index (χ2n) is 5.78. The molecule has 0 atom stereocenters. The zero-order valence-corrected chi connectivity index (χ0v) is 16.6. The lowest BCUT2D eigenvalue weighted by molar-refractivity contribution is 0.415. The lowest BCUT2D eigenvalue weighted by Crippen LogP contribution is -2.29. The normalized spacial score (nSPS) is 10.7. The van der Waals surface area contributed by atoms with Crippen molar-refractivity contribution in [3.8, 4) is 11.5 Å². The van der Waals surface area contributed by atoms with Crippen LogP contribution in [0.1, 0.15) is 6.92 Å². The zero-order valence-electron chi connectivity index (χ0n) is 14.9. The monoisotopic (exact) mass is 407 g/mol. The number of methoxy groups -OCH3 is 1. The summed E-state index contributed by atoms with van der Waals surface area (Å²) in [6, 6.07) is 10.4. The molecule has 9 heteroatoms. The maximum Gasteiger partial charge on any atom is 0.261 e. The molecule has 0 aliphatic heterocycles. The van der Waals surface area contributed by atoms with Crippen LogP contribution in [-0.2, 0) is 10.0 Å². The molecule has 0 spiro atoms. The average molecular weight is 408 g/mol. The third kappa shape index (κ3) is 5.87. The number of hydrogen-bond acceptors (Lipinski definition) is 5. The molecule has 2 aromatic carbocycles. The van der Waals surface area contributed by atoms with Gasteiger partial charge in [-0.3, -0.25) is 4.72 Å². The lowest BCUT2D eigenvalue weighted by atomic mass is 10.3. The van der Waals surface area contributed by atoms with Crippen LogP contribution in [0, 0.1) is 0 Å². The molecule has 0 radical (unpaired) electrons. The summed E-state index contributed by atoms with van der Waals surface area (Å²) < 4.78 is 32.7. The molecule has 2 rings (SSSR count). The summed E-state index contributed by atoms with van der Waals surface area (Å²) in [5.74, 6) is 0.489. The Morgan fingerprint density at radius 2 is 1.89 bits per heavy atom. The smallest absolute Gasteiger partial charge is 0.261 e. The van der Waals surface area contributed by atoms with Gasteiger partial charge in [0.05, 0.1) is 17.7 Å². The lowest BCUT2D eigenvalue weighted by Gasteiger charge is -2.14. The number of phenolic OH excluding ortho intramolecular Hbond substituents is 1. The van der Waals surface area contributed by atoms with Crippen LogP contribution in [0.5, 0.6) is 11.5 Å². The van der Waals surface area contributed by atoms with E-state index in [1.165, 1.54) is 25.3 Å². The third-order valence-electron chi connectivity index (χ3n) is 3.42. The number of benzene rings is 2. The zero-order chi connectivity index (χ0) is 20.0. The van der Waals surface area contributed by atoms with Crippen LogP contribution in [0.4, 0.5) is 11.4 Å². The van der Waals surface area contributed by atoms with E-state index in [4.69, 9.17) is 17.0 Å². The van der Waals surface area contributed by atoms with Gasteiger partial charge in [-0.05, 0) is 61.6 Å². The number of anilines is 2. The Morgan fingerprint density at radius 1 is 1.22 bits per heavy atom. The molecule has 0 amide bonds. The number of rotatable bonds is 7. The molecule has 0 heterocycles. The van der Waals surface area contributed by atoms with Crippen molar-refractivity contribution in [1.29, 1.82) is 0 Å². The van der Waals surface area contributed by atoms with Crippen molar-refractivity contribution in [3.63, 3.8) is 0 Å². The topological polar surface area (TPSA) is 99.7 Å². The fraction of sp³-hybridized carbons (Fsp3) is 0.167. The molecule has 0 aliphatic carbocycles. The summed E-state index contributed by atoms with van der Waals surface area (Å²) in [5, 5.41) is 15.9. The molecular formula is C18H21N3O4S2. The van der Waals surface area contributed by atoms with Crippen LogP contribution < -0.4 is 20.1 Å². The van der Waals surface area contributed by atoms with E-state index in [0.29, 0.717) is 18.0 Å². The first-order valence-electron chi connectivity index (χ1n) is 7.90. The van der Waals surface area contributed by atoms with Gasteiger partial charge in [0.2, 0.25) is 0 Å². The minimum absolute atomic E-state index is 0.0266. The Morgan fingerprint density at radius 3 is 2.48 bits per heavy atom. The first-order valence-corrected chi connectivity index (χ1v) is 9.79. The van der Waals surface area contributed by atoms with Gasteiger partial charge in [-0.15, -0.1) is 0 Å². The van der Waals surface area contributed by atoms with Gasteiger partial charge in [0.1, 0.15) is 11.5 Å². The van der Waals surface area contributed by atoms with E-state index in [1.807, 2.05) is 6.92 Å². The van der Waals surface area contributed by atoms with Gasteiger partial charge in [-0.2, -0.15) is 0 Å². The molecule has 0 unspecified atom stereocenters. The van der Waals surface area contributed by atoms with Crippen LogP contribution in [0.15, 0.2) is 59.5 Å². The van der Waals surface area contributed by atoms with Crippen LogP contribution in [-0.4, -0.2) is 32.3 Å². The summed E-state index contributed by atoms with van der Waals surface area (Å²) in [7, 11) is -2.33. The van der Waals surface area contributed by atoms with Crippen molar-refractivity contribution in [3.05, 3.63) is 54.6 Å². The number of sulfonamides is 1. The van der Waals surface area contributed by atoms with E-state index < -0.39 is 10.0 Å². The van der Waals surface area contributed by atoms with Crippen molar-refractivity contribution in [2.45, 2.75) is 11.8 Å². The van der Waals surface area contributed by atoms with E-state index in [1.54, 1.807) is 24.3 Å². The highest BCUT2D eigenvalue weighted by atomic mass is 32.2. The van der Waals surface area contributed by atoms with E-state index in [2.05, 4.69) is 21.9 Å². The van der Waals surface area contributed by atoms with Crippen molar-refractivity contribution < 1.29 is 18.3 Å². The molecule has 0 saturated heterocycles. The van der Waals surface area contributed by atoms with Gasteiger partial charge in [0, 0.05) is 12.2 Å². The molecule has 144 valence electrons. The summed E-state index contributed by atoms with van der Waals surface area (Å²) in [4.78, 5) is -0.0266. The van der Waals surface area contributed by atoms with E-state index in [9.17, 15) is 13.5 Å². The van der Waals surface area contributed by atoms with E-state index in [-0.39, 0.29) is 21.4 Å². The molecule has 0 aliphatic rings. The molecule has 0 saturated carbocycles. The van der Waals surface area contributed by atoms with Crippen LogP contribution >= 0.6 is 12.2 Å². The largest absolute Gasteiger partial charge is 0.506 e. The molecule has 7 nitrogen and oxygen atoms in total. The highest BCUT2D eigenvalue weighted by molar-refractivity contribution is 7.92. The third-order valence-corrected chi connectivity index (χ3v) is 5.04. The van der Waals surface area contributed by atoms with Gasteiger partial charge >= 0.3 is 0 Å². The average Bonchev–Trinajstić information content (AvgIpc) is 2.62. The second kappa shape index (κ2) is 8.74. The SMILES string of the molecule is C=C(C)CNC(=S)Nc1cc(S(=O)(=O)Nc2ccc(OC)cc2)ccc1O. The highest BCUT2D eigenvalue weighted by Gasteiger charge is 2.17. The fourth-order valence-corrected chi connectivity index (χ4v) is 3.32. The Labute approximate surface area is 164 Å². The summed E-state index contributed by atoms with van der Waals surface area (Å²) in [6.45, 7) is 6.05. The number of hydrogen-bond donors (Lipinski definition) is 4. The first kappa shape index (κ1) is 20.5. The Kier molecular flexibility index (Phi) is 6.65. The highest BCUT2D eigenvalue weighted by Crippen LogP contribution is 2.27. The fourth-order valence-electron chi connectivity index (χ4n) is 2.05. The Hall–Kier alpha value is -2.78. The standard InChI is InChI=1S/C18H21N3O4S2/c1-12(2)11-19-18(26)20-16-10-15(8-9-17(16)22)27(23,24)21-13-4-6-14(25-3)7-5-13/h4-10,21-22H,1,11H2,2-3H3,(H2,19,20,26). The van der Waals surface area contributed by atoms with E-state index in [0.717, 1.165) is 5.57 Å². The van der Waals surface area contributed by atoms with Gasteiger partial charge in [-0.1, -0.05) is 12.2 Å². The first-order chi connectivity index (χ1) is 12.7. The molecular weight excluding hydrogens is 386 g/mol. The van der Waals surface area contributed by atoms with Crippen molar-refractivity contribution >= 4 is 38.7 Å². The van der Waals surface area contributed by atoms with Crippen molar-refractivity contribution in [2.24, 2.45) is 0 Å². The van der Waals surface area contributed by atoms with Crippen LogP contribution in [0.3, 0.4) is 0 Å². The van der Waals surface area contributed by atoms with Gasteiger partial charge in [-0.25, -0.2) is 8.42 Å². The minimum Gasteiger partial charge on any atom is -0.506 e. The van der Waals surface area contributed by atoms with Gasteiger partial charge in [0.15, 0.2) is 5.11 Å². The molecule has 0 bridgehead atoms. The molecule has 27 heavy (non-hydrogen) atoms. The van der Waals surface area contributed by atoms with Gasteiger partial charge in [0.25, 0.3) is 10.0 Å². The summed E-state index contributed by atoms with van der Waals surface area (Å²) in [6.07, 6.45) is 0.